The van der Waals surface area contributed by atoms with Crippen molar-refractivity contribution in [1.82, 2.24) is 10.2 Å². The van der Waals surface area contributed by atoms with Crippen molar-refractivity contribution in [2.45, 2.75) is 114 Å². The molecule has 3 aromatic rings. The van der Waals surface area contributed by atoms with Gasteiger partial charge >= 0.3 is 0 Å². The largest absolute Gasteiger partial charge is 0.389 e. The van der Waals surface area contributed by atoms with Crippen LogP contribution in [-0.2, 0) is 40.2 Å². The number of alkyl halides is 4. The second kappa shape index (κ2) is 15.1. The summed E-state index contributed by atoms with van der Waals surface area (Å²) in [4.78, 5) is 4.73. The van der Waals surface area contributed by atoms with Gasteiger partial charge in [-0.3, -0.25) is 9.08 Å². The number of rotatable bonds is 6. The van der Waals surface area contributed by atoms with Crippen LogP contribution in [0.4, 0.5) is 27.6 Å². The molecule has 0 saturated heterocycles. The fourth-order valence-electron chi connectivity index (χ4n) is 7.05. The molecule has 2 saturated carbocycles. The normalized spacial score (nSPS) is 21.1. The highest BCUT2D eigenvalue weighted by Crippen LogP contribution is 2.46. The van der Waals surface area contributed by atoms with Gasteiger partial charge in [0.2, 0.25) is 11.8 Å². The second-order valence-corrected chi connectivity index (χ2v) is 19.7. The van der Waals surface area contributed by atoms with E-state index in [4.69, 9.17) is 20.9 Å². The molecule has 2 fully saturated rings. The van der Waals surface area contributed by atoms with Gasteiger partial charge in [-0.05, 0) is 70.6 Å². The molecular formula is C37H46F4N6O3S3. The molecule has 16 heteroatoms. The van der Waals surface area contributed by atoms with Crippen LogP contribution < -0.4 is 16.8 Å². The van der Waals surface area contributed by atoms with Gasteiger partial charge in [-0.2, -0.15) is 18.9 Å². The van der Waals surface area contributed by atoms with E-state index in [0.29, 0.717) is 34.2 Å². The van der Waals surface area contributed by atoms with Gasteiger partial charge in [0.25, 0.3) is 10.1 Å². The lowest BCUT2D eigenvalue weighted by Gasteiger charge is -2.46. The predicted molar refractivity (Wildman–Crippen MR) is 199 cm³/mol. The summed E-state index contributed by atoms with van der Waals surface area (Å²) in [5.41, 5.74) is 16.0. The van der Waals surface area contributed by atoms with Crippen molar-refractivity contribution < 1.29 is 30.2 Å². The molecule has 9 nitrogen and oxygen atoms in total. The molecule has 4 aliphatic rings. The van der Waals surface area contributed by atoms with E-state index in [-0.39, 0.29) is 60.1 Å². The summed E-state index contributed by atoms with van der Waals surface area (Å²) in [7, 11) is -3.83. The lowest BCUT2D eigenvalue weighted by Crippen LogP contribution is -2.52. The third-order valence-corrected chi connectivity index (χ3v) is 13.6. The van der Waals surface area contributed by atoms with E-state index in [1.807, 2.05) is 6.92 Å². The summed E-state index contributed by atoms with van der Waals surface area (Å²) in [6, 6.07) is 10.6. The van der Waals surface area contributed by atoms with Gasteiger partial charge in [0.1, 0.15) is 22.1 Å². The minimum atomic E-state index is -3.83. The molecule has 2 aromatic heterocycles. The number of halogens is 4. The number of nitrogens with one attached hydrogen (secondary N) is 1. The molecule has 53 heavy (non-hydrogen) atoms. The standard InChI is InChI=1S/C15H19F2N3S.C12H14F2O3S.C10H13N3S/c1-14(2)5-12-11(10(6-18)13(19)21-12)8-20(14)7-9-3-15(16,17)4-9;1-9-2-4-11(5-3-9)18(15,16)17-8-10-6-12(13,14)7-10;1-10(2)3-8-7(5-13-10)6(4-11)9(12)14-8/h9H,3-5,7-8,19H2,1-2H3;2-5,10H,6-8H2,1H3;13H,3,5,12H2,1-2H3. The third kappa shape index (κ3) is 9.71. The minimum Gasteiger partial charge on any atom is -0.389 e. The van der Waals surface area contributed by atoms with Gasteiger partial charge < -0.3 is 16.8 Å². The van der Waals surface area contributed by atoms with Crippen LogP contribution in [0.1, 0.15) is 90.9 Å². The lowest BCUT2D eigenvalue weighted by atomic mass is 9.79. The van der Waals surface area contributed by atoms with Crippen LogP contribution in [0.5, 0.6) is 0 Å². The molecule has 0 bridgehead atoms. The second-order valence-electron chi connectivity index (χ2n) is 15.8. The summed E-state index contributed by atoms with van der Waals surface area (Å²) < 4.78 is 79.5. The predicted octanol–water partition coefficient (Wildman–Crippen LogP) is 7.76. The molecule has 5 N–H and O–H groups in total. The summed E-state index contributed by atoms with van der Waals surface area (Å²) in [6.45, 7) is 12.3. The Balaban J connectivity index is 0.000000156. The zero-order valence-electron chi connectivity index (χ0n) is 30.5. The summed E-state index contributed by atoms with van der Waals surface area (Å²) in [5, 5.41) is 22.8. The molecule has 288 valence electrons. The first-order chi connectivity index (χ1) is 24.5. The zero-order chi connectivity index (χ0) is 39.1. The average Bonchev–Trinajstić information content (AvgIpc) is 3.50. The number of benzene rings is 1. The van der Waals surface area contributed by atoms with E-state index in [1.165, 1.54) is 33.2 Å². The maximum absolute atomic E-state index is 13.0. The van der Waals surface area contributed by atoms with Crippen molar-refractivity contribution >= 4 is 42.8 Å². The van der Waals surface area contributed by atoms with E-state index < -0.39 is 22.0 Å². The van der Waals surface area contributed by atoms with Crippen LogP contribution in [0.2, 0.25) is 0 Å². The maximum Gasteiger partial charge on any atom is 0.296 e. The average molecular weight is 795 g/mol. The zero-order valence-corrected chi connectivity index (χ0v) is 32.9. The van der Waals surface area contributed by atoms with E-state index in [9.17, 15) is 31.2 Å². The summed E-state index contributed by atoms with van der Waals surface area (Å²) in [6.07, 6.45) is 1.17. The van der Waals surface area contributed by atoms with Crippen molar-refractivity contribution in [2.75, 3.05) is 24.6 Å². The van der Waals surface area contributed by atoms with Gasteiger partial charge in [0.15, 0.2) is 0 Å². The molecule has 1 aromatic carbocycles. The number of hydrogen-bond acceptors (Lipinski definition) is 11. The lowest BCUT2D eigenvalue weighted by molar-refractivity contribution is -0.122. The Morgan fingerprint density at radius 3 is 1.91 bits per heavy atom. The molecule has 2 aliphatic carbocycles. The molecular weight excluding hydrogens is 749 g/mol. The smallest absolute Gasteiger partial charge is 0.296 e. The molecule has 2 aliphatic heterocycles. The fraction of sp³-hybridized carbons (Fsp3) is 0.568. The van der Waals surface area contributed by atoms with Crippen LogP contribution >= 0.6 is 22.7 Å². The van der Waals surface area contributed by atoms with Crippen molar-refractivity contribution in [1.29, 1.82) is 10.5 Å². The topological polar surface area (TPSA) is 158 Å². The molecule has 0 unspecified atom stereocenters. The van der Waals surface area contributed by atoms with Crippen LogP contribution in [0.15, 0.2) is 29.2 Å². The summed E-state index contributed by atoms with van der Waals surface area (Å²) >= 11 is 3.05. The molecule has 0 spiro atoms. The van der Waals surface area contributed by atoms with E-state index in [1.54, 1.807) is 23.5 Å². The van der Waals surface area contributed by atoms with E-state index in [2.05, 4.69) is 50.1 Å². The fourth-order valence-corrected chi connectivity index (χ4v) is 10.5. The number of nitriles is 2. The third-order valence-electron chi connectivity index (χ3n) is 10.2. The Morgan fingerprint density at radius 2 is 1.38 bits per heavy atom. The van der Waals surface area contributed by atoms with Gasteiger partial charge in [-0.25, -0.2) is 17.6 Å². The first-order valence-electron chi connectivity index (χ1n) is 17.4. The van der Waals surface area contributed by atoms with Crippen molar-refractivity contribution in [2.24, 2.45) is 11.8 Å². The minimum absolute atomic E-state index is 0.0106. The Hall–Kier alpha value is -3.25. The Morgan fingerprint density at radius 1 is 0.868 bits per heavy atom. The highest BCUT2D eigenvalue weighted by Gasteiger charge is 2.48. The number of thiophene rings is 2. The molecule has 4 heterocycles. The quantitative estimate of drug-likeness (QED) is 0.168. The van der Waals surface area contributed by atoms with Crippen molar-refractivity contribution in [3.63, 3.8) is 0 Å². The Kier molecular flexibility index (Phi) is 11.7. The number of nitrogens with zero attached hydrogens (tertiary/aromatic N) is 3. The number of hydrogen-bond donors (Lipinski definition) is 3. The first kappa shape index (κ1) is 40.9. The molecule has 7 rings (SSSR count). The highest BCUT2D eigenvalue weighted by molar-refractivity contribution is 7.86. The van der Waals surface area contributed by atoms with Gasteiger partial charge in [0.05, 0.1) is 22.6 Å². The van der Waals surface area contributed by atoms with Gasteiger partial charge in [-0.15, -0.1) is 22.7 Å². The number of aryl methyl sites for hydroxylation is 1. The number of nitrogens with two attached hydrogens (primary N) is 2. The van der Waals surface area contributed by atoms with Crippen LogP contribution in [0.3, 0.4) is 0 Å². The maximum atomic E-state index is 13.0. The van der Waals surface area contributed by atoms with Crippen LogP contribution in [0.25, 0.3) is 0 Å². The number of fused-ring (bicyclic) bond motifs is 2. The van der Waals surface area contributed by atoms with Crippen molar-refractivity contribution in [3.05, 3.63) is 61.8 Å². The molecule has 0 amide bonds. The highest BCUT2D eigenvalue weighted by atomic mass is 32.2. The Bertz CT molecular complexity index is 2000. The number of nitrogen functional groups attached to an aromatic ring is 2. The van der Waals surface area contributed by atoms with Crippen LogP contribution in [0, 0.1) is 41.4 Å². The van der Waals surface area contributed by atoms with E-state index >= 15 is 0 Å². The monoisotopic (exact) mass is 794 g/mol. The van der Waals surface area contributed by atoms with Gasteiger partial charge in [-0.1, -0.05) is 17.7 Å². The first-order valence-corrected chi connectivity index (χ1v) is 20.4. The Labute approximate surface area is 317 Å². The van der Waals surface area contributed by atoms with Crippen LogP contribution in [-0.4, -0.2) is 49.4 Å². The SMILES string of the molecule is CC1(C)Cc2sc(N)c(C#N)c2CN1.CC1(C)Cc2sc(N)c(C#N)c2CN1CC1CC(F)(F)C1.Cc1ccc(S(=O)(=O)OCC2CC(F)(F)C2)cc1. The number of anilines is 2. The summed E-state index contributed by atoms with van der Waals surface area (Å²) in [5.74, 6) is -5.44. The van der Waals surface area contributed by atoms with E-state index in [0.717, 1.165) is 36.1 Å². The van der Waals surface area contributed by atoms with Crippen molar-refractivity contribution in [3.8, 4) is 12.1 Å². The molecule has 0 atom stereocenters. The van der Waals surface area contributed by atoms with Gasteiger partial charge in [0, 0.05) is 78.1 Å². The molecule has 0 radical (unpaired) electrons.